The fourth-order valence-electron chi connectivity index (χ4n) is 2.59. The van der Waals surface area contributed by atoms with E-state index in [9.17, 15) is 10.1 Å². The Morgan fingerprint density at radius 1 is 1.32 bits per heavy atom. The van der Waals surface area contributed by atoms with Gasteiger partial charge in [-0.15, -0.1) is 0 Å². The number of anilines is 1. The molecule has 1 fully saturated rings. The molecular formula is C15H24N4O3. The lowest BCUT2D eigenvalue weighted by atomic mass is 9.95. The third kappa shape index (κ3) is 4.29. The lowest BCUT2D eigenvalue weighted by Gasteiger charge is -2.23. The van der Waals surface area contributed by atoms with Gasteiger partial charge in [0, 0.05) is 6.04 Å². The van der Waals surface area contributed by atoms with Crippen LogP contribution >= 0.6 is 0 Å². The summed E-state index contributed by atoms with van der Waals surface area (Å²) in [4.78, 5) is 19.3. The van der Waals surface area contributed by atoms with Crippen LogP contribution < -0.4 is 10.1 Å². The maximum absolute atomic E-state index is 11.4. The number of nitro groups is 1. The van der Waals surface area contributed by atoms with Crippen molar-refractivity contribution in [2.45, 2.75) is 58.9 Å². The Kier molecular flexibility index (Phi) is 5.51. The molecule has 1 aromatic rings. The molecule has 0 aliphatic heterocycles. The van der Waals surface area contributed by atoms with Gasteiger partial charge in [-0.2, -0.15) is 4.98 Å². The van der Waals surface area contributed by atoms with Crippen molar-refractivity contribution in [3.63, 3.8) is 0 Å². The van der Waals surface area contributed by atoms with Crippen LogP contribution in [0.1, 0.15) is 51.8 Å². The Morgan fingerprint density at radius 2 is 2.00 bits per heavy atom. The highest BCUT2D eigenvalue weighted by Gasteiger charge is 2.28. The van der Waals surface area contributed by atoms with E-state index in [-0.39, 0.29) is 29.3 Å². The van der Waals surface area contributed by atoms with E-state index in [2.05, 4.69) is 15.3 Å². The monoisotopic (exact) mass is 308 g/mol. The summed E-state index contributed by atoms with van der Waals surface area (Å²) in [5.74, 6) is 1.08. The largest absolute Gasteiger partial charge is 0.472 e. The zero-order valence-corrected chi connectivity index (χ0v) is 13.5. The van der Waals surface area contributed by atoms with Crippen LogP contribution in [0.3, 0.4) is 0 Å². The second-order valence-electron chi connectivity index (χ2n) is 6.21. The van der Waals surface area contributed by atoms with E-state index in [0.717, 1.165) is 25.7 Å². The van der Waals surface area contributed by atoms with E-state index in [1.165, 1.54) is 6.42 Å². The van der Waals surface area contributed by atoms with Crippen LogP contribution in [0, 0.1) is 23.0 Å². The summed E-state index contributed by atoms with van der Waals surface area (Å²) in [6.07, 6.45) is 5.55. The van der Waals surface area contributed by atoms with E-state index in [4.69, 9.17) is 4.74 Å². The van der Waals surface area contributed by atoms with Crippen molar-refractivity contribution in [3.05, 3.63) is 15.9 Å². The average Bonchev–Trinajstić information content (AvgIpc) is 2.45. The van der Waals surface area contributed by atoms with E-state index < -0.39 is 4.92 Å². The van der Waals surface area contributed by atoms with Crippen molar-refractivity contribution in [1.29, 1.82) is 0 Å². The molecule has 0 bridgehead atoms. The molecule has 1 aliphatic carbocycles. The molecule has 1 N–H and O–H groups in total. The molecule has 22 heavy (non-hydrogen) atoms. The zero-order chi connectivity index (χ0) is 16.1. The van der Waals surface area contributed by atoms with Crippen molar-refractivity contribution in [2.24, 2.45) is 5.92 Å². The van der Waals surface area contributed by atoms with Crippen molar-refractivity contribution in [1.82, 2.24) is 9.97 Å². The fraction of sp³-hybridized carbons (Fsp3) is 0.733. The van der Waals surface area contributed by atoms with Gasteiger partial charge in [-0.05, 0) is 25.7 Å². The third-order valence-electron chi connectivity index (χ3n) is 3.65. The molecule has 1 heterocycles. The van der Waals surface area contributed by atoms with E-state index in [1.54, 1.807) is 6.92 Å². The third-order valence-corrected chi connectivity index (χ3v) is 3.65. The van der Waals surface area contributed by atoms with Gasteiger partial charge >= 0.3 is 5.69 Å². The number of aromatic nitrogens is 2. The summed E-state index contributed by atoms with van der Waals surface area (Å²) >= 11 is 0. The van der Waals surface area contributed by atoms with Crippen LogP contribution in [0.25, 0.3) is 0 Å². The van der Waals surface area contributed by atoms with Gasteiger partial charge in [-0.1, -0.05) is 33.1 Å². The van der Waals surface area contributed by atoms with Gasteiger partial charge in [-0.25, -0.2) is 4.98 Å². The van der Waals surface area contributed by atoms with Crippen LogP contribution in [0.2, 0.25) is 0 Å². The second kappa shape index (κ2) is 7.38. The zero-order valence-electron chi connectivity index (χ0n) is 13.5. The van der Waals surface area contributed by atoms with Gasteiger partial charge in [0.05, 0.1) is 11.5 Å². The Balaban J connectivity index is 2.27. The van der Waals surface area contributed by atoms with Crippen molar-refractivity contribution >= 4 is 11.5 Å². The predicted molar refractivity (Wildman–Crippen MR) is 84.3 cm³/mol. The summed E-state index contributed by atoms with van der Waals surface area (Å²) in [7, 11) is 0. The molecular weight excluding hydrogens is 284 g/mol. The number of nitrogens with one attached hydrogen (secondary N) is 1. The van der Waals surface area contributed by atoms with Gasteiger partial charge in [0.2, 0.25) is 5.82 Å². The molecule has 1 saturated carbocycles. The van der Waals surface area contributed by atoms with E-state index >= 15 is 0 Å². The van der Waals surface area contributed by atoms with Crippen molar-refractivity contribution in [2.75, 3.05) is 11.9 Å². The highest BCUT2D eigenvalue weighted by Crippen LogP contribution is 2.34. The molecule has 0 unspecified atom stereocenters. The normalized spacial score (nSPS) is 15.8. The Morgan fingerprint density at radius 3 is 2.59 bits per heavy atom. The van der Waals surface area contributed by atoms with Gasteiger partial charge in [-0.3, -0.25) is 10.1 Å². The summed E-state index contributed by atoms with van der Waals surface area (Å²) < 4.78 is 5.54. The van der Waals surface area contributed by atoms with Crippen LogP contribution in [0.4, 0.5) is 11.5 Å². The molecule has 0 aromatic carbocycles. The summed E-state index contributed by atoms with van der Waals surface area (Å²) in [6, 6.07) is 0.236. The molecule has 122 valence electrons. The molecule has 1 aromatic heterocycles. The van der Waals surface area contributed by atoms with Gasteiger partial charge in [0.15, 0.2) is 0 Å². The number of rotatable bonds is 6. The molecule has 0 radical (unpaired) electrons. The van der Waals surface area contributed by atoms with Gasteiger partial charge < -0.3 is 10.1 Å². The first-order valence-corrected chi connectivity index (χ1v) is 7.89. The summed E-state index contributed by atoms with van der Waals surface area (Å²) in [5, 5.41) is 14.7. The smallest absolute Gasteiger partial charge is 0.372 e. The number of hydrogen-bond donors (Lipinski definition) is 1. The topological polar surface area (TPSA) is 90.2 Å². The predicted octanol–water partition coefficient (Wildman–Crippen LogP) is 3.47. The lowest BCUT2D eigenvalue weighted by Crippen LogP contribution is -2.24. The molecule has 0 spiro atoms. The minimum absolute atomic E-state index is 0.0597. The van der Waals surface area contributed by atoms with Crippen molar-refractivity contribution < 1.29 is 9.66 Å². The quantitative estimate of drug-likeness (QED) is 0.639. The van der Waals surface area contributed by atoms with E-state index in [1.807, 2.05) is 13.8 Å². The number of aryl methyl sites for hydroxylation is 1. The average molecular weight is 308 g/mol. The van der Waals surface area contributed by atoms with Crippen LogP contribution in [0.15, 0.2) is 0 Å². The fourth-order valence-corrected chi connectivity index (χ4v) is 2.59. The molecule has 0 saturated heterocycles. The first-order chi connectivity index (χ1) is 10.5. The van der Waals surface area contributed by atoms with Crippen LogP contribution in [0.5, 0.6) is 5.88 Å². The lowest BCUT2D eigenvalue weighted by molar-refractivity contribution is -0.385. The number of ether oxygens (including phenoxy) is 1. The van der Waals surface area contributed by atoms with Crippen LogP contribution in [-0.2, 0) is 0 Å². The maximum Gasteiger partial charge on any atom is 0.372 e. The molecule has 2 rings (SSSR count). The minimum atomic E-state index is -0.458. The van der Waals surface area contributed by atoms with Gasteiger partial charge in [0.1, 0.15) is 5.82 Å². The minimum Gasteiger partial charge on any atom is -0.472 e. The summed E-state index contributed by atoms with van der Waals surface area (Å²) in [6.45, 7) is 6.08. The molecule has 7 nitrogen and oxygen atoms in total. The standard InChI is InChI=1S/C15H24N4O3/c1-10(2)9-22-15-13(19(20)21)14(16-11(3)17-15)18-12-7-5-4-6-8-12/h10,12H,4-9H2,1-3H3,(H,16,17,18). The first kappa shape index (κ1) is 16.5. The Bertz CT molecular complexity index is 528. The number of nitrogens with zero attached hydrogens (tertiary/aromatic N) is 3. The van der Waals surface area contributed by atoms with Gasteiger partial charge in [0.25, 0.3) is 5.88 Å². The number of hydrogen-bond acceptors (Lipinski definition) is 6. The SMILES string of the molecule is Cc1nc(NC2CCCCC2)c([N+](=O)[O-])c(OCC(C)C)n1. The van der Waals surface area contributed by atoms with E-state index in [0.29, 0.717) is 12.4 Å². The Hall–Kier alpha value is -1.92. The van der Waals surface area contributed by atoms with Crippen LogP contribution in [-0.4, -0.2) is 27.5 Å². The molecule has 1 aliphatic rings. The first-order valence-electron chi connectivity index (χ1n) is 7.89. The second-order valence-corrected chi connectivity index (χ2v) is 6.21. The molecule has 0 atom stereocenters. The molecule has 7 heteroatoms. The summed E-state index contributed by atoms with van der Waals surface area (Å²) in [5.41, 5.74) is -0.156. The highest BCUT2D eigenvalue weighted by molar-refractivity contribution is 5.62. The highest BCUT2D eigenvalue weighted by atomic mass is 16.6. The van der Waals surface area contributed by atoms with Crippen molar-refractivity contribution in [3.8, 4) is 5.88 Å². The maximum atomic E-state index is 11.4. The molecule has 0 amide bonds. The Labute approximate surface area is 130 Å².